The number of rotatable bonds is 1. The average molecular weight is 214 g/mol. The Morgan fingerprint density at radius 3 is 2.08 bits per heavy atom. The molecule has 0 atom stereocenters. The number of phenols is 1. The third-order valence-electron chi connectivity index (χ3n) is 1.13. The zero-order valence-corrected chi connectivity index (χ0v) is 6.80. The van der Waals surface area contributed by atoms with Crippen molar-refractivity contribution in [3.05, 3.63) is 29.8 Å². The summed E-state index contributed by atoms with van der Waals surface area (Å²) in [6.07, 6.45) is 0. The average Bonchev–Trinajstić information content (AvgIpc) is 1.88. The molecule has 0 saturated heterocycles. The van der Waals surface area contributed by atoms with Crippen molar-refractivity contribution < 1.29 is 32.4 Å². The van der Waals surface area contributed by atoms with Crippen LogP contribution in [0.3, 0.4) is 0 Å². The van der Waals surface area contributed by atoms with E-state index in [-0.39, 0.29) is 58.2 Å². The van der Waals surface area contributed by atoms with Crippen molar-refractivity contribution in [1.29, 1.82) is 0 Å². The molecule has 0 aliphatic heterocycles. The van der Waals surface area contributed by atoms with Crippen molar-refractivity contribution in [2.24, 2.45) is 0 Å². The van der Waals surface area contributed by atoms with Crippen molar-refractivity contribution in [1.82, 2.24) is 0 Å². The molecule has 1 aromatic rings. The first-order valence-corrected chi connectivity index (χ1v) is 2.73. The second-order valence-corrected chi connectivity index (χ2v) is 1.82. The molecule has 0 aliphatic rings. The molecule has 5 heteroatoms. The Morgan fingerprint density at radius 2 is 1.75 bits per heavy atom. The molecule has 0 radical (unpaired) electrons. The van der Waals surface area contributed by atoms with Gasteiger partial charge in [0.25, 0.3) is 0 Å². The van der Waals surface area contributed by atoms with E-state index in [0.29, 0.717) is 0 Å². The van der Waals surface area contributed by atoms with E-state index < -0.39 is 5.97 Å². The van der Waals surface area contributed by atoms with E-state index in [0.717, 1.165) is 0 Å². The zero-order chi connectivity index (χ0) is 7.56. The number of aromatic carboxylic acids is 1. The summed E-state index contributed by atoms with van der Waals surface area (Å²) >= 11 is 0. The predicted molar refractivity (Wildman–Crippen MR) is 42.2 cm³/mol. The van der Waals surface area contributed by atoms with E-state index in [1.807, 2.05) is 0 Å². The van der Waals surface area contributed by atoms with Crippen LogP contribution in [0.15, 0.2) is 24.3 Å². The molecule has 0 spiro atoms. The molecule has 0 unspecified atom stereocenters. The molecule has 0 heterocycles. The van der Waals surface area contributed by atoms with Crippen molar-refractivity contribution in [3.8, 4) is 5.75 Å². The third-order valence-corrected chi connectivity index (χ3v) is 1.13. The molecule has 0 aromatic heterocycles. The van der Waals surface area contributed by atoms with Crippen LogP contribution in [0.4, 0.5) is 0 Å². The van der Waals surface area contributed by atoms with Crippen LogP contribution in [0.1, 0.15) is 10.4 Å². The van der Waals surface area contributed by atoms with Crippen LogP contribution < -0.4 is 0 Å². The Kier molecular flexibility index (Phi) is 7.91. The van der Waals surface area contributed by atoms with Crippen molar-refractivity contribution in [2.45, 2.75) is 0 Å². The Morgan fingerprint density at radius 1 is 1.25 bits per heavy atom. The summed E-state index contributed by atoms with van der Waals surface area (Å²) in [7, 11) is 0. The van der Waals surface area contributed by atoms with Gasteiger partial charge in [0.15, 0.2) is 0 Å². The van der Waals surface area contributed by atoms with Crippen molar-refractivity contribution >= 4 is 35.5 Å². The number of aromatic hydroxyl groups is 1. The molecule has 0 saturated carbocycles. The summed E-state index contributed by atoms with van der Waals surface area (Å²) < 4.78 is 0. The molecule has 2 N–H and O–H groups in total. The van der Waals surface area contributed by atoms with Crippen LogP contribution in [-0.4, -0.2) is 45.7 Å². The quantitative estimate of drug-likeness (QED) is 0.667. The summed E-state index contributed by atoms with van der Waals surface area (Å²) in [6, 6.07) is 5.81. The normalized spacial score (nSPS) is 7.67. The number of carboxylic acids is 1. The molecular formula is C7H7CrNaO3. The van der Waals surface area contributed by atoms with Gasteiger partial charge in [-0.15, -0.1) is 0 Å². The van der Waals surface area contributed by atoms with Gasteiger partial charge < -0.3 is 10.2 Å². The molecule has 1 rings (SSSR count). The first kappa shape index (κ1) is 14.5. The van der Waals surface area contributed by atoms with Gasteiger partial charge in [0, 0.05) is 17.4 Å². The van der Waals surface area contributed by atoms with Crippen LogP contribution in [0.2, 0.25) is 0 Å². The number of hydrogen-bond acceptors (Lipinski definition) is 2. The van der Waals surface area contributed by atoms with E-state index in [1.54, 1.807) is 12.1 Å². The SMILES string of the molecule is O=C(O)c1ccccc1O.[Cr].[NaH]. The molecule has 3 nitrogen and oxygen atoms in total. The number of hydrogen-bond donors (Lipinski definition) is 2. The van der Waals surface area contributed by atoms with E-state index in [1.165, 1.54) is 12.1 Å². The maximum absolute atomic E-state index is 10.3. The third kappa shape index (κ3) is 3.62. The van der Waals surface area contributed by atoms with Gasteiger partial charge in [0.2, 0.25) is 0 Å². The minimum atomic E-state index is -1.11. The monoisotopic (exact) mass is 214 g/mol. The van der Waals surface area contributed by atoms with E-state index in [9.17, 15) is 4.79 Å². The van der Waals surface area contributed by atoms with Gasteiger partial charge >= 0.3 is 35.5 Å². The Bertz CT molecular complexity index is 265. The van der Waals surface area contributed by atoms with Gasteiger partial charge in [0.05, 0.1) is 0 Å². The van der Waals surface area contributed by atoms with Crippen LogP contribution in [0.25, 0.3) is 0 Å². The Hall–Kier alpha value is 0.0225. The summed E-state index contributed by atoms with van der Waals surface area (Å²) in [5.74, 6) is -1.31. The summed E-state index contributed by atoms with van der Waals surface area (Å²) in [5.41, 5.74) is -0.0671. The van der Waals surface area contributed by atoms with Crippen molar-refractivity contribution in [3.63, 3.8) is 0 Å². The fourth-order valence-electron chi connectivity index (χ4n) is 0.654. The number of benzene rings is 1. The second-order valence-electron chi connectivity index (χ2n) is 1.82. The Labute approximate surface area is 103 Å². The van der Waals surface area contributed by atoms with Crippen molar-refractivity contribution in [2.75, 3.05) is 0 Å². The molecule has 1 aromatic carbocycles. The fraction of sp³-hybridized carbons (Fsp3) is 0. The molecule has 60 valence electrons. The van der Waals surface area contributed by atoms with Gasteiger partial charge in [-0.3, -0.25) is 0 Å². The van der Waals surface area contributed by atoms with E-state index in [4.69, 9.17) is 10.2 Å². The van der Waals surface area contributed by atoms with Gasteiger partial charge in [-0.2, -0.15) is 0 Å². The topological polar surface area (TPSA) is 57.5 Å². The van der Waals surface area contributed by atoms with Crippen LogP contribution >= 0.6 is 0 Å². The fourth-order valence-corrected chi connectivity index (χ4v) is 0.654. The summed E-state index contributed by atoms with van der Waals surface area (Å²) in [5, 5.41) is 17.3. The number of carboxylic acid groups (broad SMARTS) is 1. The van der Waals surface area contributed by atoms with E-state index >= 15 is 0 Å². The van der Waals surface area contributed by atoms with Crippen LogP contribution in [0, 0.1) is 0 Å². The predicted octanol–water partition coefficient (Wildman–Crippen LogP) is 0.439. The molecule has 0 bridgehead atoms. The number of carbonyl (C=O) groups is 1. The first-order valence-electron chi connectivity index (χ1n) is 2.73. The van der Waals surface area contributed by atoms with Gasteiger partial charge in [0.1, 0.15) is 11.3 Å². The van der Waals surface area contributed by atoms with Gasteiger partial charge in [-0.05, 0) is 12.1 Å². The number of para-hydroxylation sites is 1. The molecule has 0 amide bonds. The summed E-state index contributed by atoms with van der Waals surface area (Å²) in [6.45, 7) is 0. The second kappa shape index (κ2) is 6.53. The van der Waals surface area contributed by atoms with Crippen LogP contribution in [0.5, 0.6) is 5.75 Å². The van der Waals surface area contributed by atoms with E-state index in [2.05, 4.69) is 0 Å². The standard InChI is InChI=1S/C7H6O3.Cr.Na.H/c8-6-4-2-1-3-5(6)7(9)10;;;/h1-4,8H,(H,9,10);;;. The Balaban J connectivity index is 0. The molecule has 0 fully saturated rings. The zero-order valence-electron chi connectivity index (χ0n) is 5.52. The van der Waals surface area contributed by atoms with Gasteiger partial charge in [-0.25, -0.2) is 4.79 Å². The molecule has 12 heavy (non-hydrogen) atoms. The summed E-state index contributed by atoms with van der Waals surface area (Å²) in [4.78, 5) is 10.3. The maximum atomic E-state index is 10.3. The first-order chi connectivity index (χ1) is 4.72. The van der Waals surface area contributed by atoms with Gasteiger partial charge in [-0.1, -0.05) is 12.1 Å². The molecular weight excluding hydrogens is 207 g/mol. The van der Waals surface area contributed by atoms with Crippen LogP contribution in [-0.2, 0) is 17.4 Å². The minimum absolute atomic E-state index is 0. The molecule has 0 aliphatic carbocycles.